The Labute approximate surface area is 124 Å². The first-order chi connectivity index (χ1) is 10.6. The van der Waals surface area contributed by atoms with Crippen molar-refractivity contribution in [3.63, 3.8) is 0 Å². The highest BCUT2D eigenvalue weighted by molar-refractivity contribution is 6.01. The Bertz CT molecular complexity index is 732. The topological polar surface area (TPSA) is 127 Å². The molecule has 1 aromatic carbocycles. The molecule has 0 radical (unpaired) electrons. The minimum atomic E-state index is -0.856. The first kappa shape index (κ1) is 15.0. The lowest BCUT2D eigenvalue weighted by atomic mass is 10.2. The molecule has 0 bridgehead atoms. The van der Waals surface area contributed by atoms with Gasteiger partial charge in [0.25, 0.3) is 11.6 Å². The molecule has 0 unspecified atom stereocenters. The minimum absolute atomic E-state index is 0.103. The Hall–Kier alpha value is -3.41. The molecule has 1 aliphatic rings. The van der Waals surface area contributed by atoms with E-state index in [0.29, 0.717) is 5.56 Å². The van der Waals surface area contributed by atoms with E-state index in [9.17, 15) is 14.9 Å². The van der Waals surface area contributed by atoms with Crippen molar-refractivity contribution in [2.24, 2.45) is 4.99 Å². The fourth-order valence-electron chi connectivity index (χ4n) is 1.63. The normalized spacial score (nSPS) is 15.0. The molecule has 1 aromatic rings. The van der Waals surface area contributed by atoms with Gasteiger partial charge in [-0.2, -0.15) is 10.3 Å². The van der Waals surface area contributed by atoms with Crippen LogP contribution in [-0.2, 0) is 14.4 Å². The lowest BCUT2D eigenvalue weighted by Crippen LogP contribution is -2.18. The van der Waals surface area contributed by atoms with Crippen LogP contribution in [0.4, 0.5) is 5.69 Å². The second kappa shape index (κ2) is 6.36. The highest BCUT2D eigenvalue weighted by atomic mass is 16.7. The number of nitriles is 1. The zero-order valence-corrected chi connectivity index (χ0v) is 11.4. The third kappa shape index (κ3) is 3.01. The lowest BCUT2D eigenvalue weighted by Gasteiger charge is -2.01. The molecule has 0 saturated heterocycles. The number of non-ortho nitro benzene ring substituents is 1. The van der Waals surface area contributed by atoms with E-state index in [1.807, 2.05) is 0 Å². The van der Waals surface area contributed by atoms with Crippen molar-refractivity contribution in [1.29, 1.82) is 5.26 Å². The van der Waals surface area contributed by atoms with Crippen LogP contribution in [0.2, 0.25) is 0 Å². The summed E-state index contributed by atoms with van der Waals surface area (Å²) in [6.07, 6.45) is 0. The predicted molar refractivity (Wildman–Crippen MR) is 73.1 cm³/mol. The first-order valence-corrected chi connectivity index (χ1v) is 6.14. The third-order valence-corrected chi connectivity index (χ3v) is 2.59. The molecule has 0 fully saturated rings. The van der Waals surface area contributed by atoms with E-state index in [1.165, 1.54) is 18.2 Å². The average molecular weight is 302 g/mol. The van der Waals surface area contributed by atoms with Crippen LogP contribution in [0.15, 0.2) is 40.7 Å². The molecule has 0 amide bonds. The molecule has 1 N–H and O–H groups in total. The summed E-state index contributed by atoms with van der Waals surface area (Å²) >= 11 is 0. The quantitative estimate of drug-likeness (QED) is 0.291. The van der Waals surface area contributed by atoms with Crippen LogP contribution in [-0.4, -0.2) is 23.3 Å². The molecule has 0 spiro atoms. The molecule has 112 valence electrons. The zero-order chi connectivity index (χ0) is 16.1. The predicted octanol–water partition coefficient (Wildman–Crippen LogP) is 1.17. The van der Waals surface area contributed by atoms with Crippen molar-refractivity contribution in [2.75, 3.05) is 6.61 Å². The number of nitrogens with one attached hydrogen (secondary N) is 1. The molecular weight excluding hydrogens is 292 g/mol. The van der Waals surface area contributed by atoms with E-state index < -0.39 is 16.5 Å². The number of amidine groups is 1. The van der Waals surface area contributed by atoms with Gasteiger partial charge in [-0.15, -0.1) is 0 Å². The van der Waals surface area contributed by atoms with Crippen molar-refractivity contribution < 1.29 is 19.3 Å². The van der Waals surface area contributed by atoms with Crippen LogP contribution >= 0.6 is 0 Å². The summed E-state index contributed by atoms with van der Waals surface area (Å²) in [4.78, 5) is 30.7. The molecule has 0 aliphatic carbocycles. The molecule has 0 aromatic heterocycles. The van der Waals surface area contributed by atoms with E-state index in [2.05, 4.69) is 10.5 Å². The molecule has 9 heteroatoms. The van der Waals surface area contributed by atoms with Crippen LogP contribution in [0.5, 0.6) is 0 Å². The highest BCUT2D eigenvalue weighted by Crippen LogP contribution is 2.19. The monoisotopic (exact) mass is 302 g/mol. The van der Waals surface area contributed by atoms with Crippen LogP contribution in [0, 0.1) is 21.4 Å². The van der Waals surface area contributed by atoms with E-state index in [4.69, 9.17) is 14.8 Å². The molecule has 1 aliphatic heterocycles. The lowest BCUT2D eigenvalue weighted by molar-refractivity contribution is -0.384. The van der Waals surface area contributed by atoms with Gasteiger partial charge in [-0.3, -0.25) is 10.1 Å². The van der Waals surface area contributed by atoms with E-state index in [1.54, 1.807) is 19.1 Å². The van der Waals surface area contributed by atoms with E-state index >= 15 is 0 Å². The van der Waals surface area contributed by atoms with E-state index in [0.717, 1.165) is 0 Å². The van der Waals surface area contributed by atoms with Gasteiger partial charge in [0, 0.05) is 17.7 Å². The van der Waals surface area contributed by atoms with Crippen molar-refractivity contribution >= 4 is 17.5 Å². The smallest absolute Gasteiger partial charge is 0.354 e. The number of hydroxylamine groups is 1. The number of nitrogens with zero attached hydrogens (tertiary/aromatic N) is 3. The van der Waals surface area contributed by atoms with Gasteiger partial charge in [0.15, 0.2) is 5.84 Å². The van der Waals surface area contributed by atoms with Crippen LogP contribution in [0.1, 0.15) is 12.5 Å². The summed E-state index contributed by atoms with van der Waals surface area (Å²) in [6.45, 7) is 1.70. The highest BCUT2D eigenvalue weighted by Gasteiger charge is 2.24. The SMILES string of the molecule is CCOC(=O)/C(C#N)=C1\N=C(c2cccc([N+](=O)[O-])c2)NO1. The Balaban J connectivity index is 2.36. The number of carbonyl (C=O) groups excluding carboxylic acids is 1. The number of rotatable bonds is 4. The summed E-state index contributed by atoms with van der Waals surface area (Å²) in [5.41, 5.74) is 2.28. The Morgan fingerprint density at radius 2 is 2.36 bits per heavy atom. The number of nitro benzene ring substituents is 1. The van der Waals surface area contributed by atoms with Gasteiger partial charge in [-0.25, -0.2) is 10.3 Å². The molecule has 2 rings (SSSR count). The van der Waals surface area contributed by atoms with Crippen LogP contribution < -0.4 is 5.48 Å². The zero-order valence-electron chi connectivity index (χ0n) is 11.4. The largest absolute Gasteiger partial charge is 0.462 e. The number of hydrogen-bond acceptors (Lipinski definition) is 8. The summed E-state index contributed by atoms with van der Waals surface area (Å²) in [5, 5.41) is 19.7. The number of esters is 1. The molecule has 0 saturated carbocycles. The number of ether oxygens (including phenoxy) is 1. The number of carbonyl (C=O) groups is 1. The maximum absolute atomic E-state index is 11.6. The van der Waals surface area contributed by atoms with Crippen LogP contribution in [0.25, 0.3) is 0 Å². The maximum Gasteiger partial charge on any atom is 0.354 e. The van der Waals surface area contributed by atoms with Crippen molar-refractivity contribution in [2.45, 2.75) is 6.92 Å². The second-order valence-corrected chi connectivity index (χ2v) is 3.98. The summed E-state index contributed by atoms with van der Waals surface area (Å²) in [5.74, 6) is -0.955. The Kier molecular flexibility index (Phi) is 4.33. The molecule has 0 atom stereocenters. The summed E-state index contributed by atoms with van der Waals surface area (Å²) in [6, 6.07) is 7.32. The Morgan fingerprint density at radius 1 is 1.59 bits per heavy atom. The van der Waals surface area contributed by atoms with Crippen LogP contribution in [0.3, 0.4) is 0 Å². The molecule has 9 nitrogen and oxygen atoms in total. The van der Waals surface area contributed by atoms with Gasteiger partial charge in [0.05, 0.1) is 11.5 Å². The molecule has 1 heterocycles. The minimum Gasteiger partial charge on any atom is -0.462 e. The van der Waals surface area contributed by atoms with E-state index in [-0.39, 0.29) is 24.0 Å². The number of nitro groups is 1. The van der Waals surface area contributed by atoms with Gasteiger partial charge >= 0.3 is 5.97 Å². The standard InChI is InChI=1S/C13H10N4O5/c1-2-21-13(18)10(7-14)12-15-11(16-22-12)8-4-3-5-9(6-8)17(19)20/h3-6H,2H2,1H3,(H,15,16)/b12-10+. The summed E-state index contributed by atoms with van der Waals surface area (Å²) in [7, 11) is 0. The fraction of sp³-hybridized carbons (Fsp3) is 0.154. The fourth-order valence-corrected chi connectivity index (χ4v) is 1.63. The van der Waals surface area contributed by atoms with Gasteiger partial charge in [0.1, 0.15) is 6.07 Å². The second-order valence-electron chi connectivity index (χ2n) is 3.98. The van der Waals surface area contributed by atoms with Crippen molar-refractivity contribution in [3.8, 4) is 6.07 Å². The number of aliphatic imine (C=N–C) groups is 1. The average Bonchev–Trinajstić information content (AvgIpc) is 2.98. The van der Waals surface area contributed by atoms with Crippen molar-refractivity contribution in [1.82, 2.24) is 5.48 Å². The molecular formula is C13H10N4O5. The Morgan fingerprint density at radius 3 is 3.00 bits per heavy atom. The van der Waals surface area contributed by atoms with Gasteiger partial charge in [0.2, 0.25) is 5.57 Å². The first-order valence-electron chi connectivity index (χ1n) is 6.14. The third-order valence-electron chi connectivity index (χ3n) is 2.59. The number of hydrogen-bond donors (Lipinski definition) is 1. The van der Waals surface area contributed by atoms with Crippen molar-refractivity contribution in [3.05, 3.63) is 51.4 Å². The van der Waals surface area contributed by atoms with Gasteiger partial charge in [-0.1, -0.05) is 12.1 Å². The number of benzene rings is 1. The molecule has 22 heavy (non-hydrogen) atoms. The van der Waals surface area contributed by atoms with Gasteiger partial charge < -0.3 is 9.57 Å². The maximum atomic E-state index is 11.6. The summed E-state index contributed by atoms with van der Waals surface area (Å²) < 4.78 is 4.71. The van der Waals surface area contributed by atoms with Gasteiger partial charge in [-0.05, 0) is 6.92 Å².